The molecule has 1 aliphatic heterocycles. The predicted octanol–water partition coefficient (Wildman–Crippen LogP) is 3.18. The number of benzene rings is 1. The van der Waals surface area contributed by atoms with E-state index in [0.717, 1.165) is 31.4 Å². The lowest BCUT2D eigenvalue weighted by Crippen LogP contribution is -2.35. The molecule has 0 aliphatic carbocycles. The lowest BCUT2D eigenvalue weighted by molar-refractivity contribution is 0.0692. The predicted molar refractivity (Wildman–Crippen MR) is 77.0 cm³/mol. The third-order valence-corrected chi connectivity index (χ3v) is 3.75. The van der Waals surface area contributed by atoms with E-state index in [2.05, 4.69) is 12.2 Å². The molecule has 1 unspecified atom stereocenters. The highest BCUT2D eigenvalue weighted by atomic mass is 19.1. The monoisotopic (exact) mass is 294 g/mol. The molecule has 1 aliphatic rings. The average Bonchev–Trinajstić information content (AvgIpc) is 2.63. The second-order valence-corrected chi connectivity index (χ2v) is 5.45. The van der Waals surface area contributed by atoms with Gasteiger partial charge in [-0.2, -0.15) is 0 Å². The molecule has 114 valence electrons. The standard InChI is InChI=1S/C15H19FN2O3/c1-10-3-2-7-18(8-6-10)15(21)17-11-4-5-12(14(19)20)13(16)9-11/h4-5,9-10H,2-3,6-8H2,1H3,(H,17,21)(H,19,20). The van der Waals surface area contributed by atoms with E-state index in [-0.39, 0.29) is 11.7 Å². The van der Waals surface area contributed by atoms with E-state index < -0.39 is 17.3 Å². The van der Waals surface area contributed by atoms with Crippen LogP contribution in [-0.2, 0) is 0 Å². The Labute approximate surface area is 122 Å². The number of rotatable bonds is 2. The fraction of sp³-hybridized carbons (Fsp3) is 0.467. The molecule has 5 nitrogen and oxygen atoms in total. The van der Waals surface area contributed by atoms with Crippen molar-refractivity contribution >= 4 is 17.7 Å². The van der Waals surface area contributed by atoms with Crippen LogP contribution in [0.2, 0.25) is 0 Å². The van der Waals surface area contributed by atoms with Crippen LogP contribution in [0, 0.1) is 11.7 Å². The van der Waals surface area contributed by atoms with E-state index in [1.54, 1.807) is 4.90 Å². The second-order valence-electron chi connectivity index (χ2n) is 5.45. The van der Waals surface area contributed by atoms with Crippen molar-refractivity contribution < 1.29 is 19.1 Å². The summed E-state index contributed by atoms with van der Waals surface area (Å²) in [6.45, 7) is 3.54. The molecule has 0 aromatic heterocycles. The number of hydrogen-bond donors (Lipinski definition) is 2. The minimum Gasteiger partial charge on any atom is -0.478 e. The Morgan fingerprint density at radius 2 is 2.10 bits per heavy atom. The smallest absolute Gasteiger partial charge is 0.338 e. The maximum Gasteiger partial charge on any atom is 0.338 e. The fourth-order valence-electron chi connectivity index (χ4n) is 2.43. The number of likely N-dealkylation sites (tertiary alicyclic amines) is 1. The third-order valence-electron chi connectivity index (χ3n) is 3.75. The summed E-state index contributed by atoms with van der Waals surface area (Å²) in [6.07, 6.45) is 3.02. The van der Waals surface area contributed by atoms with Crippen LogP contribution in [0.1, 0.15) is 36.5 Å². The van der Waals surface area contributed by atoms with Gasteiger partial charge in [0.2, 0.25) is 0 Å². The number of halogens is 1. The van der Waals surface area contributed by atoms with E-state index >= 15 is 0 Å². The zero-order chi connectivity index (χ0) is 15.4. The van der Waals surface area contributed by atoms with Crippen LogP contribution in [0.15, 0.2) is 18.2 Å². The number of amides is 2. The molecule has 1 fully saturated rings. The van der Waals surface area contributed by atoms with Crippen LogP contribution < -0.4 is 5.32 Å². The van der Waals surface area contributed by atoms with Crippen LogP contribution in [0.5, 0.6) is 0 Å². The van der Waals surface area contributed by atoms with Crippen molar-refractivity contribution in [1.29, 1.82) is 0 Å². The molecular weight excluding hydrogens is 275 g/mol. The largest absolute Gasteiger partial charge is 0.478 e. The summed E-state index contributed by atoms with van der Waals surface area (Å²) in [6, 6.07) is 3.30. The first kappa shape index (κ1) is 15.3. The zero-order valence-electron chi connectivity index (χ0n) is 11.9. The SMILES string of the molecule is CC1CCCN(C(=O)Nc2ccc(C(=O)O)c(F)c2)CC1. The van der Waals surface area contributed by atoms with Crippen LogP contribution >= 0.6 is 0 Å². The molecule has 0 bridgehead atoms. The van der Waals surface area contributed by atoms with E-state index in [1.165, 1.54) is 6.07 Å². The number of carbonyl (C=O) groups excluding carboxylic acids is 1. The zero-order valence-corrected chi connectivity index (χ0v) is 11.9. The molecular formula is C15H19FN2O3. The summed E-state index contributed by atoms with van der Waals surface area (Å²) >= 11 is 0. The highest BCUT2D eigenvalue weighted by Crippen LogP contribution is 2.19. The van der Waals surface area contributed by atoms with Gasteiger partial charge in [0.05, 0.1) is 5.56 Å². The minimum atomic E-state index is -1.33. The van der Waals surface area contributed by atoms with Crippen molar-refractivity contribution in [3.63, 3.8) is 0 Å². The maximum absolute atomic E-state index is 13.6. The Morgan fingerprint density at radius 1 is 1.33 bits per heavy atom. The Bertz CT molecular complexity index is 548. The van der Waals surface area contributed by atoms with Crippen molar-refractivity contribution in [2.75, 3.05) is 18.4 Å². The number of carboxylic acid groups (broad SMARTS) is 1. The number of aromatic carboxylic acids is 1. The molecule has 1 atom stereocenters. The number of anilines is 1. The summed E-state index contributed by atoms with van der Waals surface area (Å²) in [5, 5.41) is 11.4. The first-order valence-electron chi connectivity index (χ1n) is 7.06. The quantitative estimate of drug-likeness (QED) is 0.880. The number of carboxylic acids is 1. The summed E-state index contributed by atoms with van der Waals surface area (Å²) < 4.78 is 13.6. The maximum atomic E-state index is 13.6. The summed E-state index contributed by atoms with van der Waals surface area (Å²) in [5.74, 6) is -1.58. The molecule has 1 saturated heterocycles. The van der Waals surface area contributed by atoms with Gasteiger partial charge in [-0.3, -0.25) is 0 Å². The molecule has 1 aromatic carbocycles. The molecule has 0 spiro atoms. The summed E-state index contributed by atoms with van der Waals surface area (Å²) in [4.78, 5) is 24.6. The topological polar surface area (TPSA) is 69.6 Å². The number of urea groups is 1. The van der Waals surface area contributed by atoms with Gasteiger partial charge in [-0.1, -0.05) is 6.92 Å². The van der Waals surface area contributed by atoms with Gasteiger partial charge >= 0.3 is 12.0 Å². The lowest BCUT2D eigenvalue weighted by Gasteiger charge is -2.21. The molecule has 6 heteroatoms. The normalized spacial score (nSPS) is 19.0. The Kier molecular flexibility index (Phi) is 4.77. The van der Waals surface area contributed by atoms with Gasteiger partial charge in [0.15, 0.2) is 0 Å². The van der Waals surface area contributed by atoms with Gasteiger partial charge in [0.25, 0.3) is 0 Å². The molecule has 0 saturated carbocycles. The average molecular weight is 294 g/mol. The minimum absolute atomic E-state index is 0.264. The molecule has 2 rings (SSSR count). The van der Waals surface area contributed by atoms with Crippen LogP contribution in [0.3, 0.4) is 0 Å². The van der Waals surface area contributed by atoms with Gasteiger partial charge in [-0.15, -0.1) is 0 Å². The number of nitrogens with zero attached hydrogens (tertiary/aromatic N) is 1. The molecule has 0 radical (unpaired) electrons. The van der Waals surface area contributed by atoms with E-state index in [1.807, 2.05) is 0 Å². The van der Waals surface area contributed by atoms with Gasteiger partial charge in [-0.05, 0) is 43.4 Å². The number of nitrogens with one attached hydrogen (secondary N) is 1. The first-order valence-corrected chi connectivity index (χ1v) is 7.06. The number of hydrogen-bond acceptors (Lipinski definition) is 2. The van der Waals surface area contributed by atoms with Crippen molar-refractivity contribution in [2.24, 2.45) is 5.92 Å². The van der Waals surface area contributed by atoms with E-state index in [4.69, 9.17) is 5.11 Å². The van der Waals surface area contributed by atoms with Gasteiger partial charge < -0.3 is 15.3 Å². The highest BCUT2D eigenvalue weighted by Gasteiger charge is 2.19. The van der Waals surface area contributed by atoms with Gasteiger partial charge in [0.1, 0.15) is 5.82 Å². The van der Waals surface area contributed by atoms with Gasteiger partial charge in [0, 0.05) is 18.8 Å². The first-order chi connectivity index (χ1) is 9.97. The molecule has 1 heterocycles. The Balaban J connectivity index is 2.02. The summed E-state index contributed by atoms with van der Waals surface area (Å²) in [5.41, 5.74) is -0.142. The number of carbonyl (C=O) groups is 2. The van der Waals surface area contributed by atoms with Crippen molar-refractivity contribution in [1.82, 2.24) is 4.90 Å². The Hall–Kier alpha value is -2.11. The van der Waals surface area contributed by atoms with Crippen molar-refractivity contribution in [3.8, 4) is 0 Å². The van der Waals surface area contributed by atoms with E-state index in [0.29, 0.717) is 19.0 Å². The van der Waals surface area contributed by atoms with Crippen molar-refractivity contribution in [3.05, 3.63) is 29.6 Å². The van der Waals surface area contributed by atoms with Crippen molar-refractivity contribution in [2.45, 2.75) is 26.2 Å². The lowest BCUT2D eigenvalue weighted by atomic mass is 10.0. The van der Waals surface area contributed by atoms with Crippen LogP contribution in [-0.4, -0.2) is 35.1 Å². The molecule has 21 heavy (non-hydrogen) atoms. The van der Waals surface area contributed by atoms with Crippen LogP contribution in [0.4, 0.5) is 14.9 Å². The molecule has 2 amide bonds. The fourth-order valence-corrected chi connectivity index (χ4v) is 2.43. The highest BCUT2D eigenvalue weighted by molar-refractivity contribution is 5.91. The van der Waals surface area contributed by atoms with E-state index in [9.17, 15) is 14.0 Å². The Morgan fingerprint density at radius 3 is 2.76 bits per heavy atom. The molecule has 1 aromatic rings. The van der Waals surface area contributed by atoms with Crippen LogP contribution in [0.25, 0.3) is 0 Å². The van der Waals surface area contributed by atoms with Gasteiger partial charge in [-0.25, -0.2) is 14.0 Å². The summed E-state index contributed by atoms with van der Waals surface area (Å²) in [7, 11) is 0. The second kappa shape index (κ2) is 6.56. The third kappa shape index (κ3) is 3.93. The molecule has 2 N–H and O–H groups in total.